The summed E-state index contributed by atoms with van der Waals surface area (Å²) < 4.78 is 23.0. The maximum atomic E-state index is 13.2. The fourth-order valence-electron chi connectivity index (χ4n) is 3.62. The number of nitrogens with zero attached hydrogens (tertiary/aromatic N) is 3. The second-order valence-electron chi connectivity index (χ2n) is 7.56. The maximum absolute atomic E-state index is 13.2. The van der Waals surface area contributed by atoms with Gasteiger partial charge < -0.3 is 18.9 Å². The van der Waals surface area contributed by atoms with Crippen molar-refractivity contribution in [3.63, 3.8) is 0 Å². The number of methoxy groups -OCH3 is 4. The zero-order valence-electron chi connectivity index (χ0n) is 20.4. The monoisotopic (exact) mass is 486 g/mol. The standard InChI is InChI=1S/C27H26N4O5/c1-33-21-12-10-19(11-13-21)25-22(17-31(30-25)20-8-6-5-7-9-20)27(32)29-28-16-18-14-23(34-2)26(36-4)24(15-18)35-3/h5-17H,1-4H3,(H,29,32)/b28-16+. The zero-order chi connectivity index (χ0) is 25.5. The minimum Gasteiger partial charge on any atom is -0.497 e. The molecule has 1 N–H and O–H groups in total. The first-order chi connectivity index (χ1) is 17.6. The van der Waals surface area contributed by atoms with Crippen molar-refractivity contribution in [3.05, 3.63) is 84.1 Å². The zero-order valence-corrected chi connectivity index (χ0v) is 20.4. The molecular weight excluding hydrogens is 460 g/mol. The van der Waals surface area contributed by atoms with Crippen LogP contribution in [-0.4, -0.2) is 50.3 Å². The Labute approximate surface area is 208 Å². The third-order valence-corrected chi connectivity index (χ3v) is 5.41. The second kappa shape index (κ2) is 11.1. The number of hydrogen-bond acceptors (Lipinski definition) is 7. The molecule has 9 nitrogen and oxygen atoms in total. The minimum atomic E-state index is -0.410. The van der Waals surface area contributed by atoms with E-state index in [0.29, 0.717) is 39.8 Å². The summed E-state index contributed by atoms with van der Waals surface area (Å²) in [5, 5.41) is 8.81. The molecule has 4 aromatic rings. The molecule has 0 spiro atoms. The van der Waals surface area contributed by atoms with Crippen LogP contribution in [0.5, 0.6) is 23.0 Å². The smallest absolute Gasteiger partial charge is 0.275 e. The van der Waals surface area contributed by atoms with E-state index >= 15 is 0 Å². The first-order valence-electron chi connectivity index (χ1n) is 11.0. The number of nitrogens with one attached hydrogen (secondary N) is 1. The number of ether oxygens (including phenoxy) is 4. The molecule has 4 rings (SSSR count). The Kier molecular flexibility index (Phi) is 7.50. The number of carbonyl (C=O) groups is 1. The third kappa shape index (κ3) is 5.15. The molecule has 9 heteroatoms. The summed E-state index contributed by atoms with van der Waals surface area (Å²) >= 11 is 0. The van der Waals surface area contributed by atoms with Gasteiger partial charge in [0, 0.05) is 17.3 Å². The lowest BCUT2D eigenvalue weighted by Gasteiger charge is -2.12. The highest BCUT2D eigenvalue weighted by atomic mass is 16.5. The van der Waals surface area contributed by atoms with E-state index in [-0.39, 0.29) is 0 Å². The van der Waals surface area contributed by atoms with Gasteiger partial charge in [0.2, 0.25) is 5.75 Å². The molecule has 0 aliphatic heterocycles. The predicted octanol–water partition coefficient (Wildman–Crippen LogP) is 4.34. The number of hydrazone groups is 1. The first-order valence-corrected chi connectivity index (χ1v) is 11.0. The fraction of sp³-hybridized carbons (Fsp3) is 0.148. The van der Waals surface area contributed by atoms with Crippen LogP contribution in [0, 0.1) is 0 Å². The van der Waals surface area contributed by atoms with E-state index in [4.69, 9.17) is 18.9 Å². The molecule has 36 heavy (non-hydrogen) atoms. The predicted molar refractivity (Wildman–Crippen MR) is 137 cm³/mol. The van der Waals surface area contributed by atoms with Crippen LogP contribution < -0.4 is 24.4 Å². The lowest BCUT2D eigenvalue weighted by Crippen LogP contribution is -2.18. The number of carbonyl (C=O) groups excluding carboxylic acids is 1. The average molecular weight is 487 g/mol. The Morgan fingerprint density at radius 3 is 2.14 bits per heavy atom. The first kappa shape index (κ1) is 24.3. The van der Waals surface area contributed by atoms with Crippen molar-refractivity contribution in [2.45, 2.75) is 0 Å². The lowest BCUT2D eigenvalue weighted by molar-refractivity contribution is 0.0955. The molecular formula is C27H26N4O5. The van der Waals surface area contributed by atoms with Crippen molar-refractivity contribution < 1.29 is 23.7 Å². The van der Waals surface area contributed by atoms with E-state index in [1.165, 1.54) is 27.5 Å². The average Bonchev–Trinajstić information content (AvgIpc) is 3.38. The molecule has 0 unspecified atom stereocenters. The number of aromatic nitrogens is 2. The van der Waals surface area contributed by atoms with Gasteiger partial charge in [0.05, 0.1) is 45.9 Å². The number of para-hydroxylation sites is 1. The molecule has 3 aromatic carbocycles. The van der Waals surface area contributed by atoms with Crippen molar-refractivity contribution in [3.8, 4) is 39.9 Å². The number of hydrogen-bond donors (Lipinski definition) is 1. The minimum absolute atomic E-state index is 0.367. The van der Waals surface area contributed by atoms with Crippen LogP contribution in [0.1, 0.15) is 15.9 Å². The van der Waals surface area contributed by atoms with Crippen molar-refractivity contribution in [1.82, 2.24) is 15.2 Å². The van der Waals surface area contributed by atoms with Crippen LogP contribution in [0.4, 0.5) is 0 Å². The second-order valence-corrected chi connectivity index (χ2v) is 7.56. The molecule has 1 heterocycles. The summed E-state index contributed by atoms with van der Waals surface area (Å²) in [7, 11) is 6.20. The number of amides is 1. The summed E-state index contributed by atoms with van der Waals surface area (Å²) in [6.07, 6.45) is 3.18. The van der Waals surface area contributed by atoms with Gasteiger partial charge in [-0.15, -0.1) is 0 Å². The highest BCUT2D eigenvalue weighted by Crippen LogP contribution is 2.37. The van der Waals surface area contributed by atoms with Gasteiger partial charge in [-0.1, -0.05) is 18.2 Å². The molecule has 0 radical (unpaired) electrons. The molecule has 0 aliphatic rings. The number of rotatable bonds is 9. The van der Waals surface area contributed by atoms with Gasteiger partial charge in [0.25, 0.3) is 5.91 Å². The van der Waals surface area contributed by atoms with Gasteiger partial charge in [0.15, 0.2) is 11.5 Å². The molecule has 1 aromatic heterocycles. The molecule has 1 amide bonds. The highest BCUT2D eigenvalue weighted by Gasteiger charge is 2.19. The van der Waals surface area contributed by atoms with E-state index in [2.05, 4.69) is 15.6 Å². The van der Waals surface area contributed by atoms with Gasteiger partial charge >= 0.3 is 0 Å². The molecule has 0 atom stereocenters. The van der Waals surface area contributed by atoms with E-state index in [1.807, 2.05) is 54.6 Å². The Hall–Kier alpha value is -4.79. The van der Waals surface area contributed by atoms with Crippen LogP contribution in [-0.2, 0) is 0 Å². The van der Waals surface area contributed by atoms with Crippen LogP contribution in [0.2, 0.25) is 0 Å². The van der Waals surface area contributed by atoms with E-state index in [1.54, 1.807) is 30.1 Å². The van der Waals surface area contributed by atoms with Crippen molar-refractivity contribution in [2.24, 2.45) is 5.10 Å². The summed E-state index contributed by atoms with van der Waals surface area (Å²) in [4.78, 5) is 13.2. The Balaban J connectivity index is 1.63. The topological polar surface area (TPSA) is 96.2 Å². The van der Waals surface area contributed by atoms with Gasteiger partial charge in [0.1, 0.15) is 11.4 Å². The van der Waals surface area contributed by atoms with Crippen molar-refractivity contribution in [1.29, 1.82) is 0 Å². The van der Waals surface area contributed by atoms with Gasteiger partial charge in [-0.05, 0) is 48.5 Å². The van der Waals surface area contributed by atoms with Gasteiger partial charge in [-0.3, -0.25) is 4.79 Å². The Morgan fingerprint density at radius 2 is 1.56 bits per heavy atom. The molecule has 0 aliphatic carbocycles. The van der Waals surface area contributed by atoms with Crippen LogP contribution in [0.3, 0.4) is 0 Å². The van der Waals surface area contributed by atoms with Gasteiger partial charge in [-0.2, -0.15) is 10.2 Å². The molecule has 184 valence electrons. The fourth-order valence-corrected chi connectivity index (χ4v) is 3.62. The normalized spacial score (nSPS) is 10.8. The SMILES string of the molecule is COc1ccc(-c2nn(-c3ccccc3)cc2C(=O)N/N=C/c2cc(OC)c(OC)c(OC)c2)cc1. The van der Waals surface area contributed by atoms with Crippen molar-refractivity contribution >= 4 is 12.1 Å². The van der Waals surface area contributed by atoms with E-state index < -0.39 is 5.91 Å². The Morgan fingerprint density at radius 1 is 0.889 bits per heavy atom. The Bertz CT molecular complexity index is 1340. The maximum Gasteiger partial charge on any atom is 0.275 e. The quantitative estimate of drug-likeness (QED) is 0.279. The van der Waals surface area contributed by atoms with Crippen LogP contribution >= 0.6 is 0 Å². The molecule has 0 saturated carbocycles. The highest BCUT2D eigenvalue weighted by molar-refractivity contribution is 6.00. The summed E-state index contributed by atoms with van der Waals surface area (Å²) in [5.74, 6) is 1.73. The van der Waals surface area contributed by atoms with E-state index in [9.17, 15) is 4.79 Å². The van der Waals surface area contributed by atoms with Crippen LogP contribution in [0.15, 0.2) is 78.0 Å². The third-order valence-electron chi connectivity index (χ3n) is 5.41. The van der Waals surface area contributed by atoms with Crippen LogP contribution in [0.25, 0.3) is 16.9 Å². The molecule has 0 saturated heterocycles. The summed E-state index contributed by atoms with van der Waals surface area (Å²) in [6, 6.07) is 20.4. The largest absolute Gasteiger partial charge is 0.497 e. The van der Waals surface area contributed by atoms with E-state index in [0.717, 1.165) is 11.3 Å². The number of benzene rings is 3. The molecule has 0 fully saturated rings. The summed E-state index contributed by atoms with van der Waals surface area (Å²) in [5.41, 5.74) is 5.72. The molecule has 0 bridgehead atoms. The van der Waals surface area contributed by atoms with Crippen molar-refractivity contribution in [2.75, 3.05) is 28.4 Å². The van der Waals surface area contributed by atoms with Gasteiger partial charge in [-0.25, -0.2) is 10.1 Å². The lowest BCUT2D eigenvalue weighted by atomic mass is 10.1. The summed E-state index contributed by atoms with van der Waals surface area (Å²) in [6.45, 7) is 0.